The molecule has 0 aliphatic rings. The molecule has 160 valence electrons. The second-order valence-corrected chi connectivity index (χ2v) is 8.78. The van der Waals surface area contributed by atoms with Gasteiger partial charge in [0.05, 0.1) is 12.7 Å². The average molecular weight is 399 g/mol. The molecule has 0 saturated carbocycles. The second-order valence-electron chi connectivity index (χ2n) is 8.78. The van der Waals surface area contributed by atoms with Crippen molar-refractivity contribution in [3.05, 3.63) is 48.5 Å². The third-order valence-electron chi connectivity index (χ3n) is 5.91. The first-order valence-electron chi connectivity index (χ1n) is 10.7. The summed E-state index contributed by atoms with van der Waals surface area (Å²) < 4.78 is 12.0. The van der Waals surface area contributed by atoms with Crippen LogP contribution in [0, 0.1) is 23.7 Å². The first kappa shape index (κ1) is 22.9. The van der Waals surface area contributed by atoms with Gasteiger partial charge in [0.2, 0.25) is 0 Å². The van der Waals surface area contributed by atoms with Crippen molar-refractivity contribution in [1.29, 1.82) is 0 Å². The minimum atomic E-state index is 0.166. The minimum absolute atomic E-state index is 0.166. The van der Waals surface area contributed by atoms with Gasteiger partial charge in [-0.25, -0.2) is 0 Å². The number of nitrogens with two attached hydrogens (primary N) is 2. The third-order valence-corrected chi connectivity index (χ3v) is 5.91. The van der Waals surface area contributed by atoms with E-state index in [0.29, 0.717) is 23.7 Å². The highest BCUT2D eigenvalue weighted by molar-refractivity contribution is 5.42. The van der Waals surface area contributed by atoms with Crippen molar-refractivity contribution >= 4 is 11.4 Å². The zero-order chi connectivity index (χ0) is 21.4. The van der Waals surface area contributed by atoms with Crippen LogP contribution in [0.25, 0.3) is 0 Å². The summed E-state index contributed by atoms with van der Waals surface area (Å²) in [6, 6.07) is 15.2. The lowest BCUT2D eigenvalue weighted by atomic mass is 9.81. The van der Waals surface area contributed by atoms with Crippen LogP contribution in [0.4, 0.5) is 11.4 Å². The van der Waals surface area contributed by atoms with E-state index in [4.69, 9.17) is 20.9 Å². The van der Waals surface area contributed by atoms with Gasteiger partial charge in [0.25, 0.3) is 0 Å². The Hall–Kier alpha value is -2.36. The zero-order valence-corrected chi connectivity index (χ0v) is 18.6. The van der Waals surface area contributed by atoms with Gasteiger partial charge in [-0.1, -0.05) is 27.7 Å². The molecule has 0 saturated heterocycles. The lowest BCUT2D eigenvalue weighted by Gasteiger charge is -2.28. The van der Waals surface area contributed by atoms with Crippen LogP contribution in [0.5, 0.6) is 11.5 Å². The van der Waals surface area contributed by atoms with Gasteiger partial charge >= 0.3 is 0 Å². The molecule has 0 aliphatic heterocycles. The van der Waals surface area contributed by atoms with Crippen molar-refractivity contribution in [2.45, 2.75) is 53.6 Å². The predicted molar refractivity (Wildman–Crippen MR) is 123 cm³/mol. The Balaban J connectivity index is 1.74. The molecule has 4 nitrogen and oxygen atoms in total. The summed E-state index contributed by atoms with van der Waals surface area (Å²) in [5, 5.41) is 0. The molecule has 0 radical (unpaired) electrons. The molecule has 2 rings (SSSR count). The average Bonchev–Trinajstić information content (AvgIpc) is 2.69. The van der Waals surface area contributed by atoms with Crippen LogP contribution in [-0.4, -0.2) is 12.7 Å². The standard InChI is InChI=1S/C25H38N2O2/c1-17(16-28-24-10-6-22(26)7-11-24)14-18(2)19(3)15-20(4)21(5)29-25-12-8-23(27)9-13-25/h6-13,17-21H,14-16,26-27H2,1-5H3. The third kappa shape index (κ3) is 7.88. The van der Waals surface area contributed by atoms with Gasteiger partial charge in [-0.05, 0) is 92.0 Å². The van der Waals surface area contributed by atoms with Crippen LogP contribution >= 0.6 is 0 Å². The van der Waals surface area contributed by atoms with Crippen molar-refractivity contribution in [2.75, 3.05) is 18.1 Å². The Morgan fingerprint density at radius 1 is 0.655 bits per heavy atom. The maximum atomic E-state index is 6.10. The monoisotopic (exact) mass is 398 g/mol. The molecule has 2 aromatic rings. The molecule has 0 aliphatic carbocycles. The quantitative estimate of drug-likeness (QED) is 0.454. The molecule has 0 heterocycles. The van der Waals surface area contributed by atoms with Crippen LogP contribution in [-0.2, 0) is 0 Å². The van der Waals surface area contributed by atoms with Crippen LogP contribution < -0.4 is 20.9 Å². The summed E-state index contributed by atoms with van der Waals surface area (Å²) in [6.07, 6.45) is 2.46. The number of nitrogen functional groups attached to an aromatic ring is 2. The van der Waals surface area contributed by atoms with Crippen molar-refractivity contribution in [3.63, 3.8) is 0 Å². The second kappa shape index (κ2) is 11.0. The predicted octanol–water partition coefficient (Wildman–Crippen LogP) is 6.02. The summed E-state index contributed by atoms with van der Waals surface area (Å²) in [6.45, 7) is 12.1. The maximum absolute atomic E-state index is 6.10. The van der Waals surface area contributed by atoms with Gasteiger partial charge in [0.1, 0.15) is 11.5 Å². The summed E-state index contributed by atoms with van der Waals surface area (Å²) in [5.41, 5.74) is 13.0. The van der Waals surface area contributed by atoms with Crippen LogP contribution in [0.2, 0.25) is 0 Å². The topological polar surface area (TPSA) is 70.5 Å². The van der Waals surface area contributed by atoms with Crippen LogP contribution in [0.3, 0.4) is 0 Å². The van der Waals surface area contributed by atoms with E-state index in [-0.39, 0.29) is 6.10 Å². The van der Waals surface area contributed by atoms with E-state index in [9.17, 15) is 0 Å². The van der Waals surface area contributed by atoms with E-state index < -0.39 is 0 Å². The molecule has 0 amide bonds. The van der Waals surface area contributed by atoms with E-state index in [1.807, 2.05) is 48.5 Å². The minimum Gasteiger partial charge on any atom is -0.493 e. The molecule has 5 atom stereocenters. The number of rotatable bonds is 11. The Bertz CT molecular complexity index is 715. The number of anilines is 2. The Kier molecular flexibility index (Phi) is 8.69. The van der Waals surface area contributed by atoms with Gasteiger partial charge < -0.3 is 20.9 Å². The van der Waals surface area contributed by atoms with Gasteiger partial charge in [-0.3, -0.25) is 0 Å². The summed E-state index contributed by atoms with van der Waals surface area (Å²) in [5.74, 6) is 4.00. The lowest BCUT2D eigenvalue weighted by Crippen LogP contribution is -2.25. The van der Waals surface area contributed by atoms with Crippen molar-refractivity contribution < 1.29 is 9.47 Å². The van der Waals surface area contributed by atoms with Gasteiger partial charge in [-0.2, -0.15) is 0 Å². The normalized spacial score (nSPS) is 16.4. The molecule has 5 unspecified atom stereocenters. The molecule has 0 fully saturated rings. The first-order chi connectivity index (χ1) is 13.7. The SMILES string of the molecule is CC(COc1ccc(N)cc1)CC(C)C(C)CC(C)C(C)Oc1ccc(N)cc1. The maximum Gasteiger partial charge on any atom is 0.119 e. The van der Waals surface area contributed by atoms with Crippen molar-refractivity contribution in [1.82, 2.24) is 0 Å². The number of ether oxygens (including phenoxy) is 2. The highest BCUT2D eigenvalue weighted by Gasteiger charge is 2.22. The molecule has 2 aromatic carbocycles. The van der Waals surface area contributed by atoms with Gasteiger partial charge in [0.15, 0.2) is 0 Å². The fraction of sp³-hybridized carbons (Fsp3) is 0.520. The molecular weight excluding hydrogens is 360 g/mol. The summed E-state index contributed by atoms with van der Waals surface area (Å²) in [4.78, 5) is 0. The summed E-state index contributed by atoms with van der Waals surface area (Å²) in [7, 11) is 0. The number of benzene rings is 2. The summed E-state index contributed by atoms with van der Waals surface area (Å²) >= 11 is 0. The molecule has 4 N–H and O–H groups in total. The largest absolute Gasteiger partial charge is 0.493 e. The highest BCUT2D eigenvalue weighted by atomic mass is 16.5. The smallest absolute Gasteiger partial charge is 0.119 e. The first-order valence-corrected chi connectivity index (χ1v) is 10.7. The lowest BCUT2D eigenvalue weighted by molar-refractivity contribution is 0.129. The van der Waals surface area contributed by atoms with Crippen molar-refractivity contribution in [2.24, 2.45) is 23.7 Å². The van der Waals surface area contributed by atoms with Gasteiger partial charge in [-0.15, -0.1) is 0 Å². The Labute approximate surface area is 176 Å². The number of hydrogen-bond acceptors (Lipinski definition) is 4. The van der Waals surface area contributed by atoms with E-state index in [2.05, 4.69) is 34.6 Å². The van der Waals surface area contributed by atoms with Gasteiger partial charge in [0, 0.05) is 11.4 Å². The van der Waals surface area contributed by atoms with E-state index in [1.54, 1.807) is 0 Å². The highest BCUT2D eigenvalue weighted by Crippen LogP contribution is 2.29. The molecule has 0 bridgehead atoms. The Morgan fingerprint density at radius 2 is 1.14 bits per heavy atom. The van der Waals surface area contributed by atoms with E-state index >= 15 is 0 Å². The number of hydrogen-bond donors (Lipinski definition) is 2. The molecule has 0 aromatic heterocycles. The Morgan fingerprint density at radius 3 is 1.69 bits per heavy atom. The van der Waals surface area contributed by atoms with E-state index in [0.717, 1.165) is 42.3 Å². The molecule has 4 heteroatoms. The molecule has 29 heavy (non-hydrogen) atoms. The molecule has 0 spiro atoms. The van der Waals surface area contributed by atoms with E-state index in [1.165, 1.54) is 0 Å². The molecular formula is C25H38N2O2. The van der Waals surface area contributed by atoms with Crippen LogP contribution in [0.15, 0.2) is 48.5 Å². The zero-order valence-electron chi connectivity index (χ0n) is 18.6. The fourth-order valence-electron chi connectivity index (χ4n) is 3.63. The van der Waals surface area contributed by atoms with Crippen molar-refractivity contribution in [3.8, 4) is 11.5 Å². The fourth-order valence-corrected chi connectivity index (χ4v) is 3.63. The van der Waals surface area contributed by atoms with Crippen LogP contribution in [0.1, 0.15) is 47.5 Å².